The van der Waals surface area contributed by atoms with Crippen molar-refractivity contribution in [2.75, 3.05) is 12.3 Å². The molecule has 0 atom stereocenters. The molecular weight excluding hydrogens is 274 g/mol. The van der Waals surface area contributed by atoms with Crippen LogP contribution in [0.2, 0.25) is 0 Å². The van der Waals surface area contributed by atoms with Gasteiger partial charge >= 0.3 is 0 Å². The fourth-order valence-electron chi connectivity index (χ4n) is 3.10. The maximum atomic E-state index is 12.6. The van der Waals surface area contributed by atoms with Gasteiger partial charge in [-0.3, -0.25) is 14.2 Å². The molecule has 0 unspecified atom stereocenters. The summed E-state index contributed by atoms with van der Waals surface area (Å²) in [5.74, 6) is 0.712. The van der Waals surface area contributed by atoms with E-state index in [9.17, 15) is 9.59 Å². The van der Waals surface area contributed by atoms with E-state index in [-0.39, 0.29) is 17.0 Å². The van der Waals surface area contributed by atoms with E-state index < -0.39 is 0 Å². The van der Waals surface area contributed by atoms with Crippen molar-refractivity contribution in [3.63, 3.8) is 0 Å². The van der Waals surface area contributed by atoms with Crippen LogP contribution < -0.4 is 5.56 Å². The van der Waals surface area contributed by atoms with Crippen molar-refractivity contribution in [2.24, 2.45) is 0 Å². The summed E-state index contributed by atoms with van der Waals surface area (Å²) >= 11 is 1.57. The van der Waals surface area contributed by atoms with Crippen LogP contribution in [-0.2, 0) is 6.54 Å². The summed E-state index contributed by atoms with van der Waals surface area (Å²) in [4.78, 5) is 31.2. The lowest BCUT2D eigenvalue weighted by Gasteiger charge is -2.27. The van der Waals surface area contributed by atoms with Gasteiger partial charge in [0, 0.05) is 31.1 Å². The average molecular weight is 293 g/mol. The van der Waals surface area contributed by atoms with Gasteiger partial charge in [0.2, 0.25) is 0 Å². The molecule has 2 aliphatic rings. The molecule has 0 spiro atoms. The Bertz CT molecular complexity index is 578. The Labute approximate surface area is 122 Å². The van der Waals surface area contributed by atoms with Gasteiger partial charge in [0.05, 0.1) is 0 Å². The predicted octanol–water partition coefficient (Wildman–Crippen LogP) is 1.75. The molecule has 20 heavy (non-hydrogen) atoms. The number of aromatic nitrogens is 2. The Morgan fingerprint density at radius 2 is 2.25 bits per heavy atom. The Hall–Kier alpha value is -1.30. The van der Waals surface area contributed by atoms with Crippen molar-refractivity contribution >= 4 is 17.7 Å². The molecule has 0 saturated heterocycles. The summed E-state index contributed by atoms with van der Waals surface area (Å²) < 4.78 is 1.63. The number of rotatable bonds is 3. The maximum Gasteiger partial charge on any atom is 0.267 e. The van der Waals surface area contributed by atoms with Crippen molar-refractivity contribution < 1.29 is 4.79 Å². The lowest BCUT2D eigenvalue weighted by Crippen LogP contribution is -2.42. The third-order valence-electron chi connectivity index (χ3n) is 4.15. The van der Waals surface area contributed by atoms with Crippen LogP contribution in [0.5, 0.6) is 0 Å². The molecule has 3 rings (SSSR count). The second-order valence-electron chi connectivity index (χ2n) is 5.29. The van der Waals surface area contributed by atoms with Gasteiger partial charge in [-0.2, -0.15) is 0 Å². The Kier molecular flexibility index (Phi) is 3.83. The van der Waals surface area contributed by atoms with Crippen LogP contribution >= 0.6 is 11.8 Å². The molecule has 1 saturated carbocycles. The minimum Gasteiger partial charge on any atom is -0.336 e. The number of amides is 1. The highest BCUT2D eigenvalue weighted by atomic mass is 32.2. The van der Waals surface area contributed by atoms with Crippen LogP contribution in [0, 0.1) is 0 Å². The molecule has 2 heterocycles. The first-order valence-corrected chi connectivity index (χ1v) is 8.24. The van der Waals surface area contributed by atoms with E-state index in [1.807, 2.05) is 11.8 Å². The Balaban J connectivity index is 1.92. The third-order valence-corrected chi connectivity index (χ3v) is 5.12. The SMILES string of the molecule is CCN(C(=O)c1cnc2n(c1=O)CCS2)C1CCCC1. The van der Waals surface area contributed by atoms with Gasteiger partial charge in [0.25, 0.3) is 11.5 Å². The highest BCUT2D eigenvalue weighted by molar-refractivity contribution is 7.99. The van der Waals surface area contributed by atoms with Crippen molar-refractivity contribution in [1.82, 2.24) is 14.5 Å². The molecule has 1 aromatic heterocycles. The number of carbonyl (C=O) groups is 1. The van der Waals surface area contributed by atoms with Crippen LogP contribution in [0.1, 0.15) is 43.0 Å². The molecule has 6 heteroatoms. The van der Waals surface area contributed by atoms with Crippen molar-refractivity contribution in [2.45, 2.75) is 50.4 Å². The first-order valence-electron chi connectivity index (χ1n) is 7.26. The van der Waals surface area contributed by atoms with Gasteiger partial charge in [-0.15, -0.1) is 0 Å². The minimum absolute atomic E-state index is 0.149. The second-order valence-corrected chi connectivity index (χ2v) is 6.35. The predicted molar refractivity (Wildman–Crippen MR) is 78.2 cm³/mol. The van der Waals surface area contributed by atoms with Crippen molar-refractivity contribution in [1.29, 1.82) is 0 Å². The zero-order valence-corrected chi connectivity index (χ0v) is 12.5. The van der Waals surface area contributed by atoms with E-state index in [2.05, 4.69) is 4.98 Å². The normalized spacial score (nSPS) is 18.2. The van der Waals surface area contributed by atoms with Gasteiger partial charge in [-0.25, -0.2) is 4.98 Å². The molecule has 0 N–H and O–H groups in total. The molecule has 5 nitrogen and oxygen atoms in total. The van der Waals surface area contributed by atoms with E-state index in [0.29, 0.717) is 19.1 Å². The number of thioether (sulfide) groups is 1. The highest BCUT2D eigenvalue weighted by Gasteiger charge is 2.29. The van der Waals surface area contributed by atoms with Gasteiger partial charge in [0.1, 0.15) is 5.56 Å². The van der Waals surface area contributed by atoms with Crippen LogP contribution in [0.4, 0.5) is 0 Å². The molecule has 1 aliphatic carbocycles. The standard InChI is InChI=1S/C14H19N3O2S/c1-2-16(10-5-3-4-6-10)12(18)11-9-15-14-17(13(11)19)7-8-20-14/h9-10H,2-8H2,1H3. The van der Waals surface area contributed by atoms with Crippen molar-refractivity contribution in [3.8, 4) is 0 Å². The largest absolute Gasteiger partial charge is 0.336 e. The van der Waals surface area contributed by atoms with E-state index in [0.717, 1.165) is 23.8 Å². The topological polar surface area (TPSA) is 55.2 Å². The Morgan fingerprint density at radius 3 is 2.95 bits per heavy atom. The number of hydrogen-bond acceptors (Lipinski definition) is 4. The van der Waals surface area contributed by atoms with Gasteiger partial charge in [0.15, 0.2) is 5.16 Å². The molecule has 1 amide bonds. The van der Waals surface area contributed by atoms with E-state index >= 15 is 0 Å². The first kappa shape index (κ1) is 13.7. The number of hydrogen-bond donors (Lipinski definition) is 0. The smallest absolute Gasteiger partial charge is 0.267 e. The molecule has 0 bridgehead atoms. The van der Waals surface area contributed by atoms with Gasteiger partial charge in [-0.05, 0) is 19.8 Å². The molecule has 1 fully saturated rings. The summed E-state index contributed by atoms with van der Waals surface area (Å²) in [5.41, 5.74) is 0.0476. The number of carbonyl (C=O) groups excluding carboxylic acids is 1. The van der Waals surface area contributed by atoms with Crippen LogP contribution in [0.15, 0.2) is 16.1 Å². The minimum atomic E-state index is -0.179. The number of nitrogens with zero attached hydrogens (tertiary/aromatic N) is 3. The maximum absolute atomic E-state index is 12.6. The lowest BCUT2D eigenvalue weighted by molar-refractivity contribution is 0.0690. The van der Waals surface area contributed by atoms with E-state index in [4.69, 9.17) is 0 Å². The summed E-state index contributed by atoms with van der Waals surface area (Å²) in [6, 6.07) is 0.291. The molecule has 0 radical (unpaired) electrons. The fourth-order valence-corrected chi connectivity index (χ4v) is 4.02. The molecule has 108 valence electrons. The van der Waals surface area contributed by atoms with Gasteiger partial charge in [-0.1, -0.05) is 24.6 Å². The number of fused-ring (bicyclic) bond motifs is 1. The average Bonchev–Trinajstić information content (AvgIpc) is 3.10. The van der Waals surface area contributed by atoms with Crippen LogP contribution in [-0.4, -0.2) is 38.7 Å². The second kappa shape index (κ2) is 5.60. The third kappa shape index (κ3) is 2.26. The quantitative estimate of drug-likeness (QED) is 0.797. The lowest BCUT2D eigenvalue weighted by atomic mass is 10.1. The van der Waals surface area contributed by atoms with Crippen LogP contribution in [0.3, 0.4) is 0 Å². The molecule has 1 aromatic rings. The van der Waals surface area contributed by atoms with E-state index in [1.165, 1.54) is 19.0 Å². The summed E-state index contributed by atoms with van der Waals surface area (Å²) in [6.07, 6.45) is 5.91. The highest BCUT2D eigenvalue weighted by Crippen LogP contribution is 2.25. The molecule has 1 aliphatic heterocycles. The van der Waals surface area contributed by atoms with Gasteiger partial charge < -0.3 is 4.90 Å². The van der Waals surface area contributed by atoms with E-state index in [1.54, 1.807) is 16.3 Å². The van der Waals surface area contributed by atoms with Crippen LogP contribution in [0.25, 0.3) is 0 Å². The fraction of sp³-hybridized carbons (Fsp3) is 0.643. The summed E-state index contributed by atoms with van der Waals surface area (Å²) in [5, 5.41) is 0.732. The zero-order chi connectivity index (χ0) is 14.1. The molecular formula is C14H19N3O2S. The Morgan fingerprint density at radius 1 is 1.50 bits per heavy atom. The summed E-state index contributed by atoms with van der Waals surface area (Å²) in [7, 11) is 0. The summed E-state index contributed by atoms with van der Waals surface area (Å²) in [6.45, 7) is 3.28. The molecule has 0 aromatic carbocycles. The zero-order valence-electron chi connectivity index (χ0n) is 11.7. The van der Waals surface area contributed by atoms with Crippen molar-refractivity contribution in [3.05, 3.63) is 22.1 Å². The monoisotopic (exact) mass is 293 g/mol. The first-order chi connectivity index (χ1) is 9.72.